The lowest BCUT2D eigenvalue weighted by atomic mass is 10.0. The molecule has 8 nitrogen and oxygen atoms in total. The third-order valence-electron chi connectivity index (χ3n) is 7.59. The molecule has 3 aromatic rings. The van der Waals surface area contributed by atoms with Gasteiger partial charge in [0.15, 0.2) is 0 Å². The maximum absolute atomic E-state index is 14.1. The number of hydrogen-bond acceptors (Lipinski definition) is 5. The number of pyridine rings is 1. The van der Waals surface area contributed by atoms with Crippen LogP contribution >= 0.6 is 46.6 Å². The summed E-state index contributed by atoms with van der Waals surface area (Å²) in [5.41, 5.74) is -0.144. The Morgan fingerprint density at radius 1 is 1.16 bits per heavy atom. The van der Waals surface area contributed by atoms with E-state index >= 15 is 0 Å². The monoisotopic (exact) mass is 670 g/mol. The highest BCUT2D eigenvalue weighted by molar-refractivity contribution is 7.99. The van der Waals surface area contributed by atoms with E-state index < -0.39 is 28.6 Å². The number of nitrogens with zero attached hydrogens (tertiary/aromatic N) is 3. The second-order valence-corrected chi connectivity index (χ2v) is 12.4. The first-order valence-corrected chi connectivity index (χ1v) is 15.3. The van der Waals surface area contributed by atoms with E-state index in [2.05, 4.69) is 4.98 Å². The van der Waals surface area contributed by atoms with Crippen molar-refractivity contribution in [2.75, 3.05) is 31.6 Å². The number of nitrogens with one attached hydrogen (secondary N) is 1. The summed E-state index contributed by atoms with van der Waals surface area (Å²) in [6, 6.07) is 8.66. The number of anilines is 1. The summed E-state index contributed by atoms with van der Waals surface area (Å²) in [5, 5.41) is -3.47. The van der Waals surface area contributed by atoms with Crippen LogP contribution in [0.4, 0.5) is 19.3 Å². The van der Waals surface area contributed by atoms with E-state index in [1.54, 1.807) is 41.0 Å². The predicted octanol–water partition coefficient (Wildman–Crippen LogP) is 7.50. The number of carbonyl (C=O) groups is 2. The Kier molecular flexibility index (Phi) is 8.91. The molecule has 0 bridgehead atoms. The van der Waals surface area contributed by atoms with Gasteiger partial charge in [-0.2, -0.15) is 8.78 Å². The van der Waals surface area contributed by atoms with Crippen LogP contribution < -0.4 is 15.2 Å². The zero-order chi connectivity index (χ0) is 31.2. The number of hydrogen-bond donors (Lipinski definition) is 1. The largest absolute Gasteiger partial charge is 0.495 e. The van der Waals surface area contributed by atoms with Crippen molar-refractivity contribution >= 4 is 64.2 Å². The van der Waals surface area contributed by atoms with Crippen LogP contribution in [0.25, 0.3) is 0 Å². The summed E-state index contributed by atoms with van der Waals surface area (Å²) in [7, 11) is 1.51. The molecule has 1 aromatic heterocycles. The van der Waals surface area contributed by atoms with Gasteiger partial charge < -0.3 is 19.5 Å². The fourth-order valence-corrected chi connectivity index (χ4v) is 7.11. The maximum atomic E-state index is 14.1. The summed E-state index contributed by atoms with van der Waals surface area (Å²) in [6.07, 6.45) is 0.789. The summed E-state index contributed by atoms with van der Waals surface area (Å²) in [5.74, 6) is -0.214. The second kappa shape index (κ2) is 12.2. The van der Waals surface area contributed by atoms with E-state index in [0.717, 1.165) is 35.4 Å². The Bertz CT molecular complexity index is 1650. The van der Waals surface area contributed by atoms with Crippen LogP contribution in [-0.4, -0.2) is 53.5 Å². The summed E-state index contributed by atoms with van der Waals surface area (Å²) in [4.78, 5) is 47.6. The standard InChI is InChI=1S/C29H27Cl3F2N4O4S/c1-4-36-9-6-10-37(28(36)41)20-11-16-14-38(15(2)17(16)12-21(20)42-3)27(40)24-22(13-23(29(32,33)34)35-26(24)39)43-25-18(30)7-5-8-19(25)31/h5,7-8,11-13,15H,4,6,9-10,14H2,1-3H3,(H,35,39). The quantitative estimate of drug-likeness (QED) is 0.263. The van der Waals surface area contributed by atoms with Crippen LogP contribution in [0.2, 0.25) is 10.0 Å². The molecule has 0 aliphatic carbocycles. The molecule has 228 valence electrons. The number of fused-ring (bicyclic) bond motifs is 1. The minimum Gasteiger partial charge on any atom is -0.495 e. The molecule has 0 radical (unpaired) electrons. The van der Waals surface area contributed by atoms with Crippen molar-refractivity contribution in [3.8, 4) is 5.75 Å². The molecular weight excluding hydrogens is 645 g/mol. The Hall–Kier alpha value is -2.99. The van der Waals surface area contributed by atoms with Crippen molar-refractivity contribution < 1.29 is 23.1 Å². The van der Waals surface area contributed by atoms with E-state index in [4.69, 9.17) is 39.5 Å². The average molecular weight is 672 g/mol. The number of carbonyl (C=O) groups excluding carboxylic acids is 2. The first-order chi connectivity index (χ1) is 20.3. The fourth-order valence-electron chi connectivity index (χ4n) is 5.37. The van der Waals surface area contributed by atoms with E-state index in [1.807, 2.05) is 13.0 Å². The third kappa shape index (κ3) is 5.92. The lowest BCUT2D eigenvalue weighted by molar-refractivity contribution is 0.0695. The average Bonchev–Trinajstić information content (AvgIpc) is 3.28. The van der Waals surface area contributed by atoms with Crippen LogP contribution in [0.3, 0.4) is 0 Å². The number of methoxy groups -OCH3 is 1. The van der Waals surface area contributed by atoms with Crippen LogP contribution in [0.1, 0.15) is 53.5 Å². The Morgan fingerprint density at radius 2 is 1.86 bits per heavy atom. The van der Waals surface area contributed by atoms with Gasteiger partial charge in [0.2, 0.25) is 0 Å². The summed E-state index contributed by atoms with van der Waals surface area (Å²) >= 11 is 18.7. The third-order valence-corrected chi connectivity index (χ3v) is 9.83. The highest BCUT2D eigenvalue weighted by Gasteiger charge is 2.38. The molecule has 3 heterocycles. The molecule has 5 rings (SSSR count). The highest BCUT2D eigenvalue weighted by Crippen LogP contribution is 2.44. The lowest BCUT2D eigenvalue weighted by Gasteiger charge is -2.35. The zero-order valence-electron chi connectivity index (χ0n) is 23.3. The molecule has 1 N–H and O–H groups in total. The molecule has 43 heavy (non-hydrogen) atoms. The molecular formula is C29H27Cl3F2N4O4S. The number of benzene rings is 2. The Balaban J connectivity index is 1.55. The van der Waals surface area contributed by atoms with E-state index in [1.165, 1.54) is 12.0 Å². The molecule has 1 saturated heterocycles. The SMILES string of the molecule is CCN1CCCN(c2cc3c(cc2OC)C(C)N(C(=O)c2c(Sc4c(Cl)cccc4Cl)cc(C(F)(F)Cl)[nH]c2=O)C3)C1=O. The van der Waals surface area contributed by atoms with E-state index in [9.17, 15) is 23.2 Å². The van der Waals surface area contributed by atoms with Gasteiger partial charge in [0.05, 0.1) is 28.9 Å². The number of ether oxygens (including phenoxy) is 1. The molecule has 2 aromatic carbocycles. The van der Waals surface area contributed by atoms with E-state index in [-0.39, 0.29) is 38.0 Å². The molecule has 0 spiro atoms. The Morgan fingerprint density at radius 3 is 2.49 bits per heavy atom. The number of urea groups is 1. The van der Waals surface area contributed by atoms with Crippen LogP contribution in [-0.2, 0) is 11.9 Å². The van der Waals surface area contributed by atoms with Crippen LogP contribution in [0.5, 0.6) is 5.75 Å². The number of aromatic amines is 1. The van der Waals surface area contributed by atoms with E-state index in [0.29, 0.717) is 31.1 Å². The van der Waals surface area contributed by atoms with Gasteiger partial charge in [0, 0.05) is 36.0 Å². The van der Waals surface area contributed by atoms with Gasteiger partial charge in [-0.1, -0.05) is 41.0 Å². The first-order valence-electron chi connectivity index (χ1n) is 13.4. The maximum Gasteiger partial charge on any atom is 0.362 e. The van der Waals surface area contributed by atoms with Gasteiger partial charge in [-0.25, -0.2) is 4.79 Å². The van der Waals surface area contributed by atoms with Crippen LogP contribution in [0, 0.1) is 0 Å². The predicted molar refractivity (Wildman–Crippen MR) is 163 cm³/mol. The molecule has 1 fully saturated rings. The van der Waals surface area contributed by atoms with Crippen molar-refractivity contribution in [2.24, 2.45) is 0 Å². The number of alkyl halides is 3. The fraction of sp³-hybridized carbons (Fsp3) is 0.345. The number of amides is 3. The molecule has 1 atom stereocenters. The van der Waals surface area contributed by atoms with Gasteiger partial charge in [0.25, 0.3) is 11.5 Å². The number of aromatic nitrogens is 1. The minimum atomic E-state index is -3.90. The number of rotatable bonds is 7. The smallest absolute Gasteiger partial charge is 0.362 e. The minimum absolute atomic E-state index is 0.0842. The van der Waals surface area contributed by atoms with Crippen molar-refractivity contribution in [3.63, 3.8) is 0 Å². The number of H-pyrrole nitrogens is 1. The summed E-state index contributed by atoms with van der Waals surface area (Å²) < 4.78 is 33.9. The molecule has 2 aliphatic rings. The summed E-state index contributed by atoms with van der Waals surface area (Å²) in [6.45, 7) is 5.57. The topological polar surface area (TPSA) is 85.9 Å². The van der Waals surface area contributed by atoms with Crippen molar-refractivity contribution in [3.05, 3.63) is 79.2 Å². The Labute approximate surface area is 265 Å². The van der Waals surface area contributed by atoms with Crippen molar-refractivity contribution in [1.82, 2.24) is 14.8 Å². The van der Waals surface area contributed by atoms with Crippen LogP contribution in [0.15, 0.2) is 51.0 Å². The molecule has 2 aliphatic heterocycles. The molecule has 0 saturated carbocycles. The van der Waals surface area contributed by atoms with Crippen molar-refractivity contribution in [1.29, 1.82) is 0 Å². The van der Waals surface area contributed by atoms with Gasteiger partial charge in [-0.15, -0.1) is 0 Å². The first kappa shape index (κ1) is 31.4. The van der Waals surface area contributed by atoms with Gasteiger partial charge in [0.1, 0.15) is 17.0 Å². The van der Waals surface area contributed by atoms with Gasteiger partial charge in [-0.05, 0) is 73.3 Å². The van der Waals surface area contributed by atoms with Crippen molar-refractivity contribution in [2.45, 2.75) is 48.0 Å². The zero-order valence-corrected chi connectivity index (χ0v) is 26.4. The second-order valence-electron chi connectivity index (χ2n) is 10.1. The van der Waals surface area contributed by atoms with Gasteiger partial charge >= 0.3 is 11.4 Å². The molecule has 14 heteroatoms. The normalized spacial score (nSPS) is 17.0. The number of halogens is 5. The molecule has 3 amide bonds. The lowest BCUT2D eigenvalue weighted by Crippen LogP contribution is -2.49. The highest BCUT2D eigenvalue weighted by atomic mass is 35.5. The molecule has 1 unspecified atom stereocenters. The van der Waals surface area contributed by atoms with Gasteiger partial charge in [-0.3, -0.25) is 14.5 Å².